The Labute approximate surface area is 221 Å². The number of benzene rings is 1. The van der Waals surface area contributed by atoms with Gasteiger partial charge in [-0.15, -0.1) is 12.6 Å². The predicted octanol–water partition coefficient (Wildman–Crippen LogP) is 6.50. The van der Waals surface area contributed by atoms with Gasteiger partial charge in [-0.1, -0.05) is 76.6 Å². The number of rotatable bonds is 13. The van der Waals surface area contributed by atoms with Crippen LogP contribution in [0.3, 0.4) is 0 Å². The zero-order valence-electron chi connectivity index (χ0n) is 21.0. The Kier molecular flexibility index (Phi) is 11.1. The Morgan fingerprint density at radius 1 is 1.14 bits per heavy atom. The molecule has 1 heterocycles. The number of hydrogen-bond donors (Lipinski definition) is 2. The maximum Gasteiger partial charge on any atom is 0.323 e. The zero-order valence-corrected chi connectivity index (χ0v) is 22.7. The Morgan fingerprint density at radius 2 is 1.86 bits per heavy atom. The molecule has 0 bridgehead atoms. The van der Waals surface area contributed by atoms with E-state index in [4.69, 9.17) is 17.3 Å². The van der Waals surface area contributed by atoms with Crippen LogP contribution >= 0.6 is 24.8 Å². The van der Waals surface area contributed by atoms with Crippen molar-refractivity contribution in [3.05, 3.63) is 35.4 Å². The zero-order chi connectivity index (χ0) is 25.2. The predicted molar refractivity (Wildman–Crippen MR) is 151 cm³/mol. The quantitative estimate of drug-likeness (QED) is 0.136. The highest BCUT2D eigenvalue weighted by Crippen LogP contribution is 2.42. The number of fused-ring (bicyclic) bond motifs is 2. The minimum atomic E-state index is -1.13. The summed E-state index contributed by atoms with van der Waals surface area (Å²) in [7, 11) is 0. The van der Waals surface area contributed by atoms with Crippen LogP contribution in [-0.2, 0) is 16.0 Å². The van der Waals surface area contributed by atoms with E-state index < -0.39 is 18.4 Å². The second kappa shape index (κ2) is 14.0. The number of thiocarbonyl (C=S) groups is 1. The summed E-state index contributed by atoms with van der Waals surface area (Å²) in [5, 5.41) is 9.02. The molecule has 1 aliphatic heterocycles. The molecule has 1 amide bonds. The van der Waals surface area contributed by atoms with E-state index >= 15 is 0 Å². The van der Waals surface area contributed by atoms with E-state index in [0.717, 1.165) is 23.4 Å². The molecule has 1 saturated carbocycles. The molecule has 3 rings (SSSR count). The van der Waals surface area contributed by atoms with Crippen molar-refractivity contribution < 1.29 is 14.7 Å². The molecule has 0 aromatic heterocycles. The van der Waals surface area contributed by atoms with Gasteiger partial charge in [0.05, 0.1) is 0 Å². The highest BCUT2D eigenvalue weighted by molar-refractivity contribution is 8.11. The molecule has 0 saturated heterocycles. The van der Waals surface area contributed by atoms with Gasteiger partial charge >= 0.3 is 5.97 Å². The molecule has 0 spiro atoms. The maximum absolute atomic E-state index is 12.5. The number of hydrogen-bond acceptors (Lipinski definition) is 4. The van der Waals surface area contributed by atoms with Gasteiger partial charge in [0.1, 0.15) is 10.9 Å². The molecule has 2 aliphatic rings. The van der Waals surface area contributed by atoms with Crippen molar-refractivity contribution in [2.75, 3.05) is 18.0 Å². The third-order valence-electron chi connectivity index (χ3n) is 7.38. The molecule has 2 unspecified atom stereocenters. The Balaban J connectivity index is 1.63. The van der Waals surface area contributed by atoms with Crippen molar-refractivity contribution in [2.24, 2.45) is 5.92 Å². The first-order valence-corrected chi connectivity index (χ1v) is 14.1. The summed E-state index contributed by atoms with van der Waals surface area (Å²) in [6, 6.07) is 7.11. The molecule has 0 radical (unpaired) electrons. The molecule has 1 aliphatic carbocycles. The van der Waals surface area contributed by atoms with Gasteiger partial charge in [0.2, 0.25) is 0 Å². The number of carboxylic acid groups (broad SMARTS) is 1. The van der Waals surface area contributed by atoms with E-state index in [1.807, 2.05) is 0 Å². The van der Waals surface area contributed by atoms with Gasteiger partial charge in [0.15, 0.2) is 0 Å². The first kappa shape index (κ1) is 27.7. The topological polar surface area (TPSA) is 60.9 Å². The summed E-state index contributed by atoms with van der Waals surface area (Å²) in [6.07, 6.45) is 18.8. The van der Waals surface area contributed by atoms with Crippen molar-refractivity contribution >= 4 is 52.8 Å². The maximum atomic E-state index is 12.5. The summed E-state index contributed by atoms with van der Waals surface area (Å²) >= 11 is 8.91. The van der Waals surface area contributed by atoms with Crippen LogP contribution in [0.2, 0.25) is 0 Å². The van der Waals surface area contributed by atoms with Crippen LogP contribution in [-0.4, -0.2) is 45.3 Å². The summed E-state index contributed by atoms with van der Waals surface area (Å²) in [6.45, 7) is 2.90. The van der Waals surface area contributed by atoms with Crippen LogP contribution in [0, 0.1) is 5.92 Å². The number of amides is 1. The third-order valence-corrected chi connectivity index (χ3v) is 7.84. The molecule has 1 N–H and O–H groups in total. The van der Waals surface area contributed by atoms with Crippen molar-refractivity contribution in [1.29, 1.82) is 0 Å². The number of anilines is 1. The first-order chi connectivity index (χ1) is 16.9. The summed E-state index contributed by atoms with van der Waals surface area (Å²) in [5.41, 5.74) is 3.65. The molecular formula is C28H40N2O3S2. The average molecular weight is 517 g/mol. The van der Waals surface area contributed by atoms with Crippen LogP contribution in [0.25, 0.3) is 6.08 Å². The van der Waals surface area contributed by atoms with Gasteiger partial charge in [0.25, 0.3) is 5.91 Å². The van der Waals surface area contributed by atoms with Crippen molar-refractivity contribution in [3.63, 3.8) is 0 Å². The largest absolute Gasteiger partial charge is 0.480 e. The van der Waals surface area contributed by atoms with Crippen molar-refractivity contribution in [2.45, 2.75) is 90.0 Å². The third kappa shape index (κ3) is 8.07. The van der Waals surface area contributed by atoms with Crippen LogP contribution in [0.15, 0.2) is 24.3 Å². The number of carboxylic acids is 1. The summed E-state index contributed by atoms with van der Waals surface area (Å²) in [4.78, 5) is 27.1. The fourth-order valence-corrected chi connectivity index (χ4v) is 5.94. The van der Waals surface area contributed by atoms with E-state index in [2.05, 4.69) is 42.7 Å². The number of unbranched alkanes of at least 4 members (excludes halogenated alkanes) is 7. The highest BCUT2D eigenvalue weighted by Gasteiger charge is 2.37. The Bertz CT molecular complexity index is 917. The van der Waals surface area contributed by atoms with Crippen LogP contribution in [0.4, 0.5) is 5.69 Å². The second-order valence-corrected chi connectivity index (χ2v) is 11.1. The molecule has 1 aromatic rings. The van der Waals surface area contributed by atoms with Crippen LogP contribution in [0.5, 0.6) is 0 Å². The van der Waals surface area contributed by atoms with Gasteiger partial charge < -0.3 is 10.0 Å². The first-order valence-electron chi connectivity index (χ1n) is 13.2. The standard InChI is InChI=1S/C28H40N2O3S2/c1-2-3-4-5-6-7-8-9-17-29-24-12-10-11-22(24)19-23-18-21(13-15-25(23)29)14-16-26(31)30(28(34)35)20-27(32)33/h13-16,18,22,24H,2-12,17,19-20H2,1H3,(H,32,33)(H,34,35)/b16-14+. The molecule has 7 heteroatoms. The molecule has 1 fully saturated rings. The van der Waals surface area contributed by atoms with E-state index in [-0.39, 0.29) is 4.32 Å². The van der Waals surface area contributed by atoms with Gasteiger partial charge in [-0.05, 0) is 60.9 Å². The lowest BCUT2D eigenvalue weighted by atomic mass is 9.86. The van der Waals surface area contributed by atoms with Gasteiger partial charge in [0, 0.05) is 24.4 Å². The molecule has 1 aromatic carbocycles. The number of nitrogens with zero attached hydrogens (tertiary/aromatic N) is 2. The number of carbonyl (C=O) groups is 2. The van der Waals surface area contributed by atoms with Gasteiger partial charge in [-0.25, -0.2) is 0 Å². The lowest BCUT2D eigenvalue weighted by Gasteiger charge is -2.41. The smallest absolute Gasteiger partial charge is 0.323 e. The van der Waals surface area contributed by atoms with Crippen LogP contribution < -0.4 is 4.90 Å². The monoisotopic (exact) mass is 516 g/mol. The average Bonchev–Trinajstić information content (AvgIpc) is 3.30. The van der Waals surface area contributed by atoms with Gasteiger partial charge in [-0.2, -0.15) is 0 Å². The Morgan fingerprint density at radius 3 is 2.54 bits per heavy atom. The highest BCUT2D eigenvalue weighted by atomic mass is 32.1. The molecule has 5 nitrogen and oxygen atoms in total. The lowest BCUT2D eigenvalue weighted by Crippen LogP contribution is -2.43. The normalized spacial score (nSPS) is 19.0. The van der Waals surface area contributed by atoms with Crippen LogP contribution in [0.1, 0.15) is 88.7 Å². The van der Waals surface area contributed by atoms with E-state index in [1.54, 1.807) is 6.08 Å². The lowest BCUT2D eigenvalue weighted by molar-refractivity contribution is -0.140. The fraction of sp³-hybridized carbons (Fsp3) is 0.607. The molecule has 35 heavy (non-hydrogen) atoms. The second-order valence-electron chi connectivity index (χ2n) is 9.95. The number of aliphatic carboxylic acids is 1. The molecule has 192 valence electrons. The van der Waals surface area contributed by atoms with E-state index in [1.165, 1.54) is 88.0 Å². The Hall–Kier alpha value is -1.86. The molecular weight excluding hydrogens is 476 g/mol. The minimum Gasteiger partial charge on any atom is -0.480 e. The minimum absolute atomic E-state index is 0.0450. The summed E-state index contributed by atoms with van der Waals surface area (Å²) in [5.74, 6) is -0.887. The molecule has 2 atom stereocenters. The number of thiol groups is 1. The van der Waals surface area contributed by atoms with Gasteiger partial charge in [-0.3, -0.25) is 14.5 Å². The summed E-state index contributed by atoms with van der Waals surface area (Å²) < 4.78 is -0.0450. The van der Waals surface area contributed by atoms with E-state index in [9.17, 15) is 9.59 Å². The SMILES string of the molecule is CCCCCCCCCCN1c2ccc(/C=C/C(=O)N(CC(=O)O)C(=S)S)cc2CC2CCCC21. The number of carbonyl (C=O) groups excluding carboxylic acids is 1. The van der Waals surface area contributed by atoms with Crippen molar-refractivity contribution in [1.82, 2.24) is 4.90 Å². The fourth-order valence-electron chi connectivity index (χ4n) is 5.61. The van der Waals surface area contributed by atoms with Crippen molar-refractivity contribution in [3.8, 4) is 0 Å². The van der Waals surface area contributed by atoms with E-state index in [0.29, 0.717) is 12.0 Å².